The quantitative estimate of drug-likeness (QED) is 0.811. The van der Waals surface area contributed by atoms with E-state index in [1.165, 1.54) is 26.0 Å². The summed E-state index contributed by atoms with van der Waals surface area (Å²) in [5.41, 5.74) is -0.939. The van der Waals surface area contributed by atoms with E-state index in [1.54, 1.807) is 12.1 Å². The predicted octanol–water partition coefficient (Wildman–Crippen LogP) is 3.61. The lowest BCUT2D eigenvalue weighted by Gasteiger charge is -2.22. The fourth-order valence-electron chi connectivity index (χ4n) is 2.18. The summed E-state index contributed by atoms with van der Waals surface area (Å²) >= 11 is 1.47. The van der Waals surface area contributed by atoms with Gasteiger partial charge >= 0.3 is 6.18 Å². The number of rotatable bonds is 6. The van der Waals surface area contributed by atoms with Gasteiger partial charge in [0.1, 0.15) is 5.54 Å². The minimum atomic E-state index is -4.21. The Balaban J connectivity index is 2.20. The van der Waals surface area contributed by atoms with Crippen molar-refractivity contribution in [1.29, 1.82) is 0 Å². The number of alkyl halides is 3. The molecule has 0 amide bonds. The van der Waals surface area contributed by atoms with Crippen LogP contribution in [-0.2, 0) is 6.54 Å². The first kappa shape index (κ1) is 16.3. The number of ether oxygens (including phenoxy) is 2. The molecule has 0 atom stereocenters. The number of thioether (sulfide) groups is 1. The lowest BCUT2D eigenvalue weighted by Crippen LogP contribution is -2.44. The van der Waals surface area contributed by atoms with Crippen LogP contribution in [0.15, 0.2) is 17.0 Å². The second-order valence-electron chi connectivity index (χ2n) is 4.95. The van der Waals surface area contributed by atoms with Crippen molar-refractivity contribution in [3.05, 3.63) is 17.7 Å². The van der Waals surface area contributed by atoms with Crippen LogP contribution >= 0.6 is 11.8 Å². The van der Waals surface area contributed by atoms with Gasteiger partial charge in [0.2, 0.25) is 0 Å². The van der Waals surface area contributed by atoms with Crippen molar-refractivity contribution >= 4 is 11.8 Å². The molecule has 1 N–H and O–H groups in total. The van der Waals surface area contributed by atoms with Crippen LogP contribution in [0.5, 0.6) is 11.5 Å². The van der Waals surface area contributed by atoms with Gasteiger partial charge < -0.3 is 9.47 Å². The van der Waals surface area contributed by atoms with Gasteiger partial charge in [-0.3, -0.25) is 5.32 Å². The van der Waals surface area contributed by atoms with Crippen LogP contribution in [0.2, 0.25) is 0 Å². The van der Waals surface area contributed by atoms with Crippen molar-refractivity contribution in [2.75, 3.05) is 20.5 Å². The molecule has 0 unspecified atom stereocenters. The first-order valence-electron chi connectivity index (χ1n) is 6.47. The molecule has 7 heteroatoms. The van der Waals surface area contributed by atoms with E-state index >= 15 is 0 Å². The molecule has 0 saturated heterocycles. The summed E-state index contributed by atoms with van der Waals surface area (Å²) in [6, 6.07) is 3.51. The maximum absolute atomic E-state index is 12.9. The van der Waals surface area contributed by atoms with Crippen LogP contribution in [0.1, 0.15) is 18.4 Å². The molecule has 0 radical (unpaired) electrons. The summed E-state index contributed by atoms with van der Waals surface area (Å²) in [6.07, 6.45) is -2.05. The van der Waals surface area contributed by atoms with Crippen LogP contribution in [0, 0.1) is 0 Å². The van der Waals surface area contributed by atoms with E-state index in [-0.39, 0.29) is 19.4 Å². The van der Waals surface area contributed by atoms with Crippen molar-refractivity contribution in [2.45, 2.75) is 36.0 Å². The van der Waals surface area contributed by atoms with Gasteiger partial charge in [-0.15, -0.1) is 11.8 Å². The van der Waals surface area contributed by atoms with Gasteiger partial charge in [-0.25, -0.2) is 0 Å². The number of methoxy groups -OCH3 is 2. The number of hydrogen-bond donors (Lipinski definition) is 1. The second kappa shape index (κ2) is 5.96. The zero-order valence-corrected chi connectivity index (χ0v) is 13.0. The highest BCUT2D eigenvalue weighted by atomic mass is 32.2. The molecule has 21 heavy (non-hydrogen) atoms. The van der Waals surface area contributed by atoms with Crippen molar-refractivity contribution in [3.8, 4) is 11.5 Å². The topological polar surface area (TPSA) is 30.5 Å². The van der Waals surface area contributed by atoms with E-state index in [4.69, 9.17) is 9.47 Å². The van der Waals surface area contributed by atoms with Crippen LogP contribution < -0.4 is 14.8 Å². The SMILES string of the molecule is COc1cc(CNC2(C(F)(F)F)CC2)c(SC)cc1OC. The fraction of sp³-hybridized carbons (Fsp3) is 0.571. The first-order chi connectivity index (χ1) is 9.86. The normalized spacial score (nSPS) is 16.7. The molecule has 2 rings (SSSR count). The Bertz CT molecular complexity index is 516. The molecule has 0 bridgehead atoms. The second-order valence-corrected chi connectivity index (χ2v) is 5.80. The van der Waals surface area contributed by atoms with E-state index in [9.17, 15) is 13.2 Å². The first-order valence-corrected chi connectivity index (χ1v) is 7.70. The van der Waals surface area contributed by atoms with Gasteiger partial charge in [-0.05, 0) is 36.8 Å². The number of halogens is 3. The lowest BCUT2D eigenvalue weighted by atomic mass is 10.1. The lowest BCUT2D eigenvalue weighted by molar-refractivity contribution is -0.166. The Morgan fingerprint density at radius 3 is 2.19 bits per heavy atom. The molecule has 3 nitrogen and oxygen atoms in total. The minimum Gasteiger partial charge on any atom is -0.493 e. The highest BCUT2D eigenvalue weighted by Crippen LogP contribution is 2.49. The molecular formula is C14H18F3NO2S. The number of benzene rings is 1. The molecule has 1 fully saturated rings. The monoisotopic (exact) mass is 321 g/mol. The minimum absolute atomic E-state index is 0.137. The molecule has 1 aliphatic rings. The number of hydrogen-bond acceptors (Lipinski definition) is 4. The Morgan fingerprint density at radius 1 is 1.19 bits per heavy atom. The molecule has 0 heterocycles. The smallest absolute Gasteiger partial charge is 0.406 e. The summed E-state index contributed by atoms with van der Waals surface area (Å²) < 4.78 is 49.2. The Kier molecular flexibility index (Phi) is 4.63. The molecule has 1 aliphatic carbocycles. The van der Waals surface area contributed by atoms with Gasteiger partial charge in [0.25, 0.3) is 0 Å². The molecule has 0 spiro atoms. The molecule has 1 aromatic rings. The summed E-state index contributed by atoms with van der Waals surface area (Å²) in [4.78, 5) is 0.873. The highest BCUT2D eigenvalue weighted by molar-refractivity contribution is 7.98. The van der Waals surface area contributed by atoms with E-state index in [0.29, 0.717) is 11.5 Å². The van der Waals surface area contributed by atoms with Crippen molar-refractivity contribution in [1.82, 2.24) is 5.32 Å². The highest BCUT2D eigenvalue weighted by Gasteiger charge is 2.62. The molecular weight excluding hydrogens is 303 g/mol. The van der Waals surface area contributed by atoms with Crippen molar-refractivity contribution in [3.63, 3.8) is 0 Å². The van der Waals surface area contributed by atoms with Gasteiger partial charge in [0.15, 0.2) is 11.5 Å². The van der Waals surface area contributed by atoms with E-state index in [1.807, 2.05) is 6.26 Å². The third-order valence-corrected chi connectivity index (χ3v) is 4.52. The Morgan fingerprint density at radius 2 is 1.76 bits per heavy atom. The zero-order valence-electron chi connectivity index (χ0n) is 12.1. The van der Waals surface area contributed by atoms with Gasteiger partial charge in [0, 0.05) is 11.4 Å². The fourth-order valence-corrected chi connectivity index (χ4v) is 2.80. The molecule has 118 valence electrons. The van der Waals surface area contributed by atoms with Crippen LogP contribution in [0.25, 0.3) is 0 Å². The summed E-state index contributed by atoms with van der Waals surface area (Å²) in [5, 5.41) is 2.66. The molecule has 0 aromatic heterocycles. The van der Waals surface area contributed by atoms with Crippen LogP contribution in [0.3, 0.4) is 0 Å². The van der Waals surface area contributed by atoms with Gasteiger partial charge in [-0.2, -0.15) is 13.2 Å². The zero-order chi connectivity index (χ0) is 15.7. The van der Waals surface area contributed by atoms with Gasteiger partial charge in [0.05, 0.1) is 14.2 Å². The summed E-state index contributed by atoms with van der Waals surface area (Å²) in [6.45, 7) is 0.149. The third kappa shape index (κ3) is 3.23. The average Bonchev–Trinajstić information content (AvgIpc) is 3.24. The summed E-state index contributed by atoms with van der Waals surface area (Å²) in [5.74, 6) is 1.09. The maximum atomic E-state index is 12.9. The molecule has 0 aliphatic heterocycles. The van der Waals surface area contributed by atoms with E-state index in [0.717, 1.165) is 10.5 Å². The van der Waals surface area contributed by atoms with Crippen LogP contribution in [0.4, 0.5) is 13.2 Å². The predicted molar refractivity (Wildman–Crippen MR) is 76.2 cm³/mol. The average molecular weight is 321 g/mol. The maximum Gasteiger partial charge on any atom is 0.406 e. The van der Waals surface area contributed by atoms with E-state index < -0.39 is 11.7 Å². The van der Waals surface area contributed by atoms with Crippen LogP contribution in [-0.4, -0.2) is 32.2 Å². The summed E-state index contributed by atoms with van der Waals surface area (Å²) in [7, 11) is 3.04. The Hall–Kier alpha value is -1.08. The van der Waals surface area contributed by atoms with Gasteiger partial charge in [-0.1, -0.05) is 0 Å². The largest absolute Gasteiger partial charge is 0.493 e. The van der Waals surface area contributed by atoms with Crippen molar-refractivity contribution in [2.24, 2.45) is 0 Å². The van der Waals surface area contributed by atoms with Crippen molar-refractivity contribution < 1.29 is 22.6 Å². The standard InChI is InChI=1S/C14H18F3NO2S/c1-19-10-6-9(12(21-3)7-11(10)20-2)8-18-13(4-5-13)14(15,16)17/h6-7,18H,4-5,8H2,1-3H3. The molecule has 1 aromatic carbocycles. The van der Waals surface area contributed by atoms with E-state index in [2.05, 4.69) is 5.32 Å². The Labute approximate surface area is 126 Å². The molecule has 1 saturated carbocycles. The number of nitrogens with one attached hydrogen (secondary N) is 1. The third-order valence-electron chi connectivity index (χ3n) is 3.70.